The highest BCUT2D eigenvalue weighted by Crippen LogP contribution is 2.35. The Hall–Kier alpha value is -1.19. The normalized spacial score (nSPS) is 19.6. The number of benzene rings is 1. The van der Waals surface area contributed by atoms with Crippen LogP contribution in [0.15, 0.2) is 35.7 Å². The minimum Gasteiger partial charge on any atom is -0.303 e. The molecule has 106 valence electrons. The zero-order valence-corrected chi connectivity index (χ0v) is 12.5. The van der Waals surface area contributed by atoms with Gasteiger partial charge in [0.05, 0.1) is 0 Å². The first-order valence-electron chi connectivity index (χ1n) is 7.35. The quantitative estimate of drug-likeness (QED) is 0.834. The molecule has 1 N–H and O–H groups in total. The molecular formula is C17H20FNS. The van der Waals surface area contributed by atoms with E-state index in [9.17, 15) is 4.39 Å². The molecule has 2 atom stereocenters. The highest BCUT2D eigenvalue weighted by Gasteiger charge is 2.23. The second-order valence-electron chi connectivity index (χ2n) is 5.42. The van der Waals surface area contributed by atoms with Gasteiger partial charge < -0.3 is 5.32 Å². The predicted molar refractivity (Wildman–Crippen MR) is 82.6 cm³/mol. The summed E-state index contributed by atoms with van der Waals surface area (Å²) < 4.78 is 13.0. The molecule has 2 aromatic rings. The molecule has 0 bridgehead atoms. The summed E-state index contributed by atoms with van der Waals surface area (Å²) in [5.41, 5.74) is 2.65. The number of thiophene rings is 1. The molecule has 1 aromatic carbocycles. The zero-order valence-electron chi connectivity index (χ0n) is 11.7. The number of hydrogen-bond donors (Lipinski definition) is 1. The molecule has 1 nitrogen and oxygen atoms in total. The van der Waals surface area contributed by atoms with Crippen LogP contribution in [-0.4, -0.2) is 0 Å². The maximum atomic E-state index is 13.0. The highest BCUT2D eigenvalue weighted by molar-refractivity contribution is 7.10. The lowest BCUT2D eigenvalue weighted by Gasteiger charge is -2.29. The molecule has 0 radical (unpaired) electrons. The molecule has 0 fully saturated rings. The topological polar surface area (TPSA) is 12.0 Å². The van der Waals surface area contributed by atoms with Crippen molar-refractivity contribution >= 4 is 11.3 Å². The van der Waals surface area contributed by atoms with Crippen molar-refractivity contribution in [3.8, 4) is 0 Å². The number of halogens is 1. The summed E-state index contributed by atoms with van der Waals surface area (Å²) in [4.78, 5) is 1.53. The molecule has 0 amide bonds. The molecule has 0 saturated carbocycles. The Kier molecular flexibility index (Phi) is 4.18. The van der Waals surface area contributed by atoms with E-state index in [-0.39, 0.29) is 5.82 Å². The largest absolute Gasteiger partial charge is 0.303 e. The standard InChI is InChI=1S/C17H20FNS/c1-2-15(12-6-8-13(18)9-7-12)19-16-4-3-5-17-14(16)10-11-20-17/h6-11,15-16,19H,2-5H2,1H3. The first kappa shape index (κ1) is 13.8. The molecule has 0 spiro atoms. The van der Waals surface area contributed by atoms with Crippen LogP contribution in [0.4, 0.5) is 4.39 Å². The first-order valence-corrected chi connectivity index (χ1v) is 8.23. The number of fused-ring (bicyclic) bond motifs is 1. The third-order valence-corrected chi connectivity index (χ3v) is 5.13. The third kappa shape index (κ3) is 2.79. The van der Waals surface area contributed by atoms with Crippen LogP contribution in [0.2, 0.25) is 0 Å². The van der Waals surface area contributed by atoms with Gasteiger partial charge in [0, 0.05) is 17.0 Å². The van der Waals surface area contributed by atoms with E-state index in [4.69, 9.17) is 0 Å². The van der Waals surface area contributed by atoms with Gasteiger partial charge in [-0.25, -0.2) is 4.39 Å². The van der Waals surface area contributed by atoms with Crippen LogP contribution in [0.25, 0.3) is 0 Å². The summed E-state index contributed by atoms with van der Waals surface area (Å²) in [6.45, 7) is 2.18. The second-order valence-corrected chi connectivity index (χ2v) is 6.42. The Labute approximate surface area is 123 Å². The number of aryl methyl sites for hydroxylation is 1. The van der Waals surface area contributed by atoms with Gasteiger partial charge in [0.1, 0.15) is 5.82 Å². The van der Waals surface area contributed by atoms with Crippen LogP contribution in [0, 0.1) is 5.82 Å². The molecule has 20 heavy (non-hydrogen) atoms. The second kappa shape index (κ2) is 6.06. The Bertz CT molecular complexity index is 561. The van der Waals surface area contributed by atoms with Crippen molar-refractivity contribution < 1.29 is 4.39 Å². The average Bonchev–Trinajstić information content (AvgIpc) is 2.95. The lowest BCUT2D eigenvalue weighted by atomic mass is 9.92. The predicted octanol–water partition coefficient (Wildman–Crippen LogP) is 5.01. The summed E-state index contributed by atoms with van der Waals surface area (Å²) in [7, 11) is 0. The summed E-state index contributed by atoms with van der Waals surface area (Å²) in [6, 6.07) is 9.90. The minimum absolute atomic E-state index is 0.165. The van der Waals surface area contributed by atoms with E-state index in [1.807, 2.05) is 23.5 Å². The van der Waals surface area contributed by atoms with Crippen LogP contribution in [-0.2, 0) is 6.42 Å². The summed E-state index contributed by atoms with van der Waals surface area (Å²) in [5, 5.41) is 5.97. The van der Waals surface area contributed by atoms with Crippen molar-refractivity contribution in [3.63, 3.8) is 0 Å². The van der Waals surface area contributed by atoms with Crippen molar-refractivity contribution in [2.75, 3.05) is 0 Å². The van der Waals surface area contributed by atoms with Crippen molar-refractivity contribution in [2.45, 2.75) is 44.7 Å². The van der Waals surface area contributed by atoms with Crippen LogP contribution in [0.1, 0.15) is 54.3 Å². The van der Waals surface area contributed by atoms with E-state index in [1.165, 1.54) is 35.3 Å². The minimum atomic E-state index is -0.165. The highest BCUT2D eigenvalue weighted by atomic mass is 32.1. The molecule has 1 heterocycles. The fourth-order valence-electron chi connectivity index (χ4n) is 3.05. The molecule has 1 aliphatic carbocycles. The molecule has 2 unspecified atom stereocenters. The van der Waals surface area contributed by atoms with Crippen LogP contribution in [0.3, 0.4) is 0 Å². The molecular weight excluding hydrogens is 269 g/mol. The Morgan fingerprint density at radius 3 is 2.85 bits per heavy atom. The van der Waals surface area contributed by atoms with Gasteiger partial charge in [-0.2, -0.15) is 0 Å². The molecule has 1 aliphatic rings. The van der Waals surface area contributed by atoms with Gasteiger partial charge in [-0.15, -0.1) is 11.3 Å². The zero-order chi connectivity index (χ0) is 13.9. The van der Waals surface area contributed by atoms with Gasteiger partial charge in [0.25, 0.3) is 0 Å². The van der Waals surface area contributed by atoms with Gasteiger partial charge in [0.2, 0.25) is 0 Å². The van der Waals surface area contributed by atoms with Crippen molar-refractivity contribution in [2.24, 2.45) is 0 Å². The maximum Gasteiger partial charge on any atom is 0.123 e. The molecule has 3 rings (SSSR count). The SMILES string of the molecule is CCC(NC1CCCc2sccc21)c1ccc(F)cc1. The van der Waals surface area contributed by atoms with Gasteiger partial charge >= 0.3 is 0 Å². The van der Waals surface area contributed by atoms with Crippen molar-refractivity contribution in [1.29, 1.82) is 0 Å². The van der Waals surface area contributed by atoms with Crippen LogP contribution in [0.5, 0.6) is 0 Å². The number of rotatable bonds is 4. The van der Waals surface area contributed by atoms with Crippen LogP contribution >= 0.6 is 11.3 Å². The van der Waals surface area contributed by atoms with Crippen molar-refractivity contribution in [1.82, 2.24) is 5.32 Å². The lowest BCUT2D eigenvalue weighted by Crippen LogP contribution is -2.28. The van der Waals surface area contributed by atoms with E-state index in [0.29, 0.717) is 12.1 Å². The number of hydrogen-bond acceptors (Lipinski definition) is 2. The molecule has 3 heteroatoms. The molecule has 0 aliphatic heterocycles. The lowest BCUT2D eigenvalue weighted by molar-refractivity contribution is 0.395. The Balaban J connectivity index is 1.78. The van der Waals surface area contributed by atoms with Gasteiger partial charge in [-0.1, -0.05) is 19.1 Å². The summed E-state index contributed by atoms with van der Waals surface area (Å²) >= 11 is 1.87. The maximum absolute atomic E-state index is 13.0. The number of nitrogens with one attached hydrogen (secondary N) is 1. The third-order valence-electron chi connectivity index (χ3n) is 4.13. The average molecular weight is 289 g/mol. The fourth-order valence-corrected chi connectivity index (χ4v) is 4.03. The summed E-state index contributed by atoms with van der Waals surface area (Å²) in [6.07, 6.45) is 4.69. The van der Waals surface area contributed by atoms with E-state index in [0.717, 1.165) is 6.42 Å². The van der Waals surface area contributed by atoms with E-state index in [2.05, 4.69) is 23.7 Å². The Morgan fingerprint density at radius 1 is 1.30 bits per heavy atom. The monoisotopic (exact) mass is 289 g/mol. The summed E-state index contributed by atoms with van der Waals surface area (Å²) in [5.74, 6) is -0.165. The van der Waals surface area contributed by atoms with E-state index >= 15 is 0 Å². The van der Waals surface area contributed by atoms with Gasteiger partial charge in [-0.05, 0) is 60.4 Å². The molecule has 0 saturated heterocycles. The van der Waals surface area contributed by atoms with E-state index < -0.39 is 0 Å². The van der Waals surface area contributed by atoms with E-state index in [1.54, 1.807) is 12.1 Å². The molecule has 1 aromatic heterocycles. The van der Waals surface area contributed by atoms with Crippen LogP contribution < -0.4 is 5.32 Å². The smallest absolute Gasteiger partial charge is 0.123 e. The fraction of sp³-hybridized carbons (Fsp3) is 0.412. The first-order chi connectivity index (χ1) is 9.78. The van der Waals surface area contributed by atoms with Gasteiger partial charge in [0.15, 0.2) is 0 Å². The van der Waals surface area contributed by atoms with Crippen molar-refractivity contribution in [3.05, 3.63) is 57.5 Å². The Morgan fingerprint density at radius 2 is 2.10 bits per heavy atom. The van der Waals surface area contributed by atoms with Gasteiger partial charge in [-0.3, -0.25) is 0 Å².